The summed E-state index contributed by atoms with van der Waals surface area (Å²) in [6, 6.07) is 10.0. The number of rotatable bonds is 7. The molecular weight excluding hydrogens is 503 g/mol. The van der Waals surface area contributed by atoms with Gasteiger partial charge in [-0.2, -0.15) is 13.2 Å². The van der Waals surface area contributed by atoms with E-state index in [0.717, 1.165) is 29.0 Å². The summed E-state index contributed by atoms with van der Waals surface area (Å²) in [4.78, 5) is 29.5. The van der Waals surface area contributed by atoms with Gasteiger partial charge in [-0.1, -0.05) is 6.07 Å². The van der Waals surface area contributed by atoms with Crippen molar-refractivity contribution in [2.75, 3.05) is 0 Å². The third-order valence-electron chi connectivity index (χ3n) is 6.21. The number of carbonyl (C=O) groups excluding carboxylic acids is 2. The molecule has 0 spiro atoms. The van der Waals surface area contributed by atoms with Gasteiger partial charge in [0.15, 0.2) is 0 Å². The molecule has 2 N–H and O–H groups in total. The Morgan fingerprint density at radius 3 is 2.08 bits per heavy atom. The number of benzene rings is 2. The minimum absolute atomic E-state index is 0.0385. The molecule has 0 aliphatic heterocycles. The van der Waals surface area contributed by atoms with E-state index in [2.05, 4.69) is 21.7 Å². The zero-order valence-electron chi connectivity index (χ0n) is 20.5. The Balaban J connectivity index is 1.22. The highest BCUT2D eigenvalue weighted by molar-refractivity contribution is 7.09. The van der Waals surface area contributed by atoms with Crippen LogP contribution in [0.1, 0.15) is 68.2 Å². The Hall–Kier alpha value is -3.40. The summed E-state index contributed by atoms with van der Waals surface area (Å²) < 4.78 is 44.0. The predicted octanol–water partition coefficient (Wildman–Crippen LogP) is 5.83. The lowest BCUT2D eigenvalue weighted by molar-refractivity contribution is -0.137. The van der Waals surface area contributed by atoms with E-state index in [1.807, 2.05) is 26.0 Å². The van der Waals surface area contributed by atoms with Gasteiger partial charge >= 0.3 is 6.18 Å². The molecule has 196 valence electrons. The number of thiazole rings is 1. The van der Waals surface area contributed by atoms with Gasteiger partial charge in [-0.25, -0.2) is 4.98 Å². The molecule has 1 aromatic heterocycles. The number of hydrogen-bond acceptors (Lipinski definition) is 5. The van der Waals surface area contributed by atoms with Crippen molar-refractivity contribution in [1.82, 2.24) is 15.6 Å². The molecule has 3 aromatic rings. The van der Waals surface area contributed by atoms with Crippen molar-refractivity contribution in [3.63, 3.8) is 0 Å². The Morgan fingerprint density at radius 1 is 0.946 bits per heavy atom. The van der Waals surface area contributed by atoms with Crippen molar-refractivity contribution >= 4 is 23.2 Å². The van der Waals surface area contributed by atoms with Crippen molar-refractivity contribution < 1.29 is 27.5 Å². The van der Waals surface area contributed by atoms with E-state index in [4.69, 9.17) is 4.74 Å². The number of aryl methyl sites for hydroxylation is 2. The Bertz CT molecular complexity index is 1230. The maximum Gasteiger partial charge on any atom is 0.416 e. The normalized spacial score (nSPS) is 17.8. The fourth-order valence-electron chi connectivity index (χ4n) is 4.36. The summed E-state index contributed by atoms with van der Waals surface area (Å²) in [5.74, 6) is 0.117. The molecular formula is C27H28F3N3O3S. The summed E-state index contributed by atoms with van der Waals surface area (Å²) in [5.41, 5.74) is 1.97. The van der Waals surface area contributed by atoms with Crippen LogP contribution in [0.2, 0.25) is 0 Å². The fourth-order valence-corrected chi connectivity index (χ4v) is 5.05. The Kier molecular flexibility index (Phi) is 8.16. The first-order chi connectivity index (χ1) is 17.6. The summed E-state index contributed by atoms with van der Waals surface area (Å²) in [7, 11) is 0. The number of aromatic nitrogens is 1. The van der Waals surface area contributed by atoms with Crippen LogP contribution in [-0.4, -0.2) is 28.9 Å². The standard InChI is InChI=1S/C27H28F3N3O3S/c1-16-11-17(2)13-22(12-16)36-14-24-33-23(15-37-24)26(35)32-21-9-7-20(8-10-21)31-25(34)18-3-5-19(6-4-18)27(28,29)30/h3-6,11-13,15,20-21H,7-10,14H2,1-2H3,(H,31,34)(H,32,35). The SMILES string of the molecule is Cc1cc(C)cc(OCc2nc(C(=O)NC3CCC(NC(=O)c4ccc(C(F)(F)F)cc4)CC3)cs2)c1. The van der Waals surface area contributed by atoms with Gasteiger partial charge in [0, 0.05) is 23.0 Å². The van der Waals surface area contributed by atoms with Gasteiger partial charge in [-0.05, 0) is 87.1 Å². The second-order valence-corrected chi connectivity index (χ2v) is 10.3. The fraction of sp³-hybridized carbons (Fsp3) is 0.370. The number of alkyl halides is 3. The van der Waals surface area contributed by atoms with Crippen LogP contribution in [0.3, 0.4) is 0 Å². The third-order valence-corrected chi connectivity index (χ3v) is 7.04. The number of amides is 2. The number of hydrogen-bond donors (Lipinski definition) is 2. The first kappa shape index (κ1) is 26.7. The Labute approximate surface area is 217 Å². The van der Waals surface area contributed by atoms with Gasteiger partial charge in [-0.15, -0.1) is 11.3 Å². The van der Waals surface area contributed by atoms with Gasteiger partial charge in [0.25, 0.3) is 11.8 Å². The highest BCUT2D eigenvalue weighted by Crippen LogP contribution is 2.29. The molecule has 0 bridgehead atoms. The lowest BCUT2D eigenvalue weighted by atomic mass is 9.91. The minimum Gasteiger partial charge on any atom is -0.486 e. The monoisotopic (exact) mass is 531 g/mol. The molecule has 2 aromatic carbocycles. The molecule has 4 rings (SSSR count). The van der Waals surface area contributed by atoms with Crippen LogP contribution in [0, 0.1) is 13.8 Å². The summed E-state index contributed by atoms with van der Waals surface area (Å²) in [6.07, 6.45) is -1.77. The lowest BCUT2D eigenvalue weighted by Gasteiger charge is -2.29. The van der Waals surface area contributed by atoms with Crippen LogP contribution >= 0.6 is 11.3 Å². The van der Waals surface area contributed by atoms with E-state index in [9.17, 15) is 22.8 Å². The molecule has 6 nitrogen and oxygen atoms in total. The van der Waals surface area contributed by atoms with Crippen LogP contribution in [0.4, 0.5) is 13.2 Å². The van der Waals surface area contributed by atoms with Gasteiger partial charge < -0.3 is 15.4 Å². The van der Waals surface area contributed by atoms with Gasteiger partial charge in [0.2, 0.25) is 0 Å². The molecule has 2 amide bonds. The molecule has 1 fully saturated rings. The topological polar surface area (TPSA) is 80.3 Å². The van der Waals surface area contributed by atoms with Crippen molar-refractivity contribution in [3.8, 4) is 5.75 Å². The van der Waals surface area contributed by atoms with Crippen LogP contribution in [0.5, 0.6) is 5.75 Å². The number of carbonyl (C=O) groups is 2. The molecule has 0 radical (unpaired) electrons. The molecule has 1 aliphatic carbocycles. The summed E-state index contributed by atoms with van der Waals surface area (Å²) in [6.45, 7) is 4.30. The summed E-state index contributed by atoms with van der Waals surface area (Å²) in [5, 5.41) is 8.31. The minimum atomic E-state index is -4.44. The van der Waals surface area contributed by atoms with E-state index < -0.39 is 17.6 Å². The molecule has 37 heavy (non-hydrogen) atoms. The predicted molar refractivity (Wildman–Crippen MR) is 135 cm³/mol. The molecule has 0 unspecified atom stereocenters. The zero-order valence-corrected chi connectivity index (χ0v) is 21.3. The van der Waals surface area contributed by atoms with Crippen LogP contribution in [0.15, 0.2) is 47.8 Å². The van der Waals surface area contributed by atoms with Crippen LogP contribution in [-0.2, 0) is 12.8 Å². The van der Waals surface area contributed by atoms with Crippen molar-refractivity contribution in [2.24, 2.45) is 0 Å². The summed E-state index contributed by atoms with van der Waals surface area (Å²) >= 11 is 1.37. The zero-order chi connectivity index (χ0) is 26.6. The van der Waals surface area contributed by atoms with Crippen LogP contribution in [0.25, 0.3) is 0 Å². The van der Waals surface area contributed by atoms with Gasteiger partial charge in [-0.3, -0.25) is 9.59 Å². The van der Waals surface area contributed by atoms with Gasteiger partial charge in [0.05, 0.1) is 5.56 Å². The van der Waals surface area contributed by atoms with Gasteiger partial charge in [0.1, 0.15) is 23.1 Å². The molecule has 1 saturated carbocycles. The number of nitrogens with zero attached hydrogens (tertiary/aromatic N) is 1. The molecule has 0 atom stereocenters. The van der Waals surface area contributed by atoms with Crippen molar-refractivity contribution in [2.45, 2.75) is 64.4 Å². The molecule has 0 saturated heterocycles. The average Bonchev–Trinajstić information content (AvgIpc) is 3.32. The average molecular weight is 532 g/mol. The van der Waals surface area contributed by atoms with Crippen LogP contribution < -0.4 is 15.4 Å². The van der Waals surface area contributed by atoms with Crippen molar-refractivity contribution in [3.05, 3.63) is 80.8 Å². The first-order valence-corrected chi connectivity index (χ1v) is 12.9. The van der Waals surface area contributed by atoms with E-state index in [1.54, 1.807) is 5.38 Å². The highest BCUT2D eigenvalue weighted by atomic mass is 32.1. The van der Waals surface area contributed by atoms with E-state index >= 15 is 0 Å². The van der Waals surface area contributed by atoms with E-state index in [1.165, 1.54) is 23.5 Å². The maximum absolute atomic E-state index is 12.7. The van der Waals surface area contributed by atoms with E-state index in [0.29, 0.717) is 36.4 Å². The molecule has 1 heterocycles. The molecule has 1 aliphatic rings. The largest absolute Gasteiger partial charge is 0.486 e. The third kappa shape index (κ3) is 7.31. The second-order valence-electron chi connectivity index (χ2n) is 9.31. The highest BCUT2D eigenvalue weighted by Gasteiger charge is 2.30. The quantitative estimate of drug-likeness (QED) is 0.402. The second kappa shape index (κ2) is 11.3. The maximum atomic E-state index is 12.7. The van der Waals surface area contributed by atoms with Crippen molar-refractivity contribution in [1.29, 1.82) is 0 Å². The first-order valence-electron chi connectivity index (χ1n) is 12.0. The number of halogens is 3. The Morgan fingerprint density at radius 2 is 1.51 bits per heavy atom. The lowest BCUT2D eigenvalue weighted by Crippen LogP contribution is -2.43. The smallest absolute Gasteiger partial charge is 0.416 e. The number of nitrogens with one attached hydrogen (secondary N) is 2. The number of ether oxygens (including phenoxy) is 1. The molecule has 10 heteroatoms. The van der Waals surface area contributed by atoms with E-state index in [-0.39, 0.29) is 30.2 Å².